The van der Waals surface area contributed by atoms with E-state index in [-0.39, 0.29) is 0 Å². The number of hydrogen-bond acceptors (Lipinski definition) is 3. The van der Waals surface area contributed by atoms with E-state index in [0.29, 0.717) is 23.4 Å². The van der Waals surface area contributed by atoms with Crippen molar-refractivity contribution >= 4 is 21.8 Å². The third-order valence-corrected chi connectivity index (χ3v) is 14.6. The van der Waals surface area contributed by atoms with Gasteiger partial charge in [-0.3, -0.25) is 0 Å². The Morgan fingerprint density at radius 2 is 0.778 bits per heavy atom. The van der Waals surface area contributed by atoms with Crippen LogP contribution in [0.2, 0.25) is 0 Å². The van der Waals surface area contributed by atoms with E-state index in [1.54, 1.807) is 0 Å². The van der Waals surface area contributed by atoms with Crippen molar-refractivity contribution in [2.24, 2.45) is 5.92 Å². The highest BCUT2D eigenvalue weighted by Crippen LogP contribution is 2.56. The highest BCUT2D eigenvalue weighted by atomic mass is 15.0. The zero-order valence-electron chi connectivity index (χ0n) is 40.2. The normalized spacial score (nSPS) is 12.6. The predicted molar refractivity (Wildman–Crippen MR) is 297 cm³/mol. The zero-order chi connectivity index (χ0) is 48.2. The first-order valence-electron chi connectivity index (χ1n) is 25.0. The van der Waals surface area contributed by atoms with E-state index in [2.05, 4.69) is 206 Å². The molecule has 2 heterocycles. The average molecular weight is 923 g/mol. The van der Waals surface area contributed by atoms with Crippen LogP contribution in [-0.4, -0.2) is 19.5 Å². The van der Waals surface area contributed by atoms with Gasteiger partial charge in [0.15, 0.2) is 17.5 Å². The Morgan fingerprint density at radius 3 is 1.33 bits per heavy atom. The third-order valence-electron chi connectivity index (χ3n) is 14.6. The molecule has 0 fully saturated rings. The monoisotopic (exact) mass is 922 g/mol. The van der Waals surface area contributed by atoms with Crippen molar-refractivity contribution in [3.8, 4) is 73.2 Å². The van der Waals surface area contributed by atoms with Gasteiger partial charge in [-0.05, 0) is 104 Å². The van der Waals surface area contributed by atoms with Gasteiger partial charge < -0.3 is 4.57 Å². The minimum absolute atomic E-state index is 0.564. The fourth-order valence-corrected chi connectivity index (χ4v) is 11.3. The van der Waals surface area contributed by atoms with E-state index < -0.39 is 5.41 Å². The van der Waals surface area contributed by atoms with Crippen molar-refractivity contribution in [3.05, 3.63) is 277 Å². The van der Waals surface area contributed by atoms with Crippen LogP contribution in [0.3, 0.4) is 0 Å². The number of para-hydroxylation sites is 1. The summed E-state index contributed by atoms with van der Waals surface area (Å²) in [5.41, 5.74) is 19.4. The molecule has 12 aromatic rings. The molecule has 4 heteroatoms. The summed E-state index contributed by atoms with van der Waals surface area (Å²) in [5, 5.41) is 2.51. The van der Waals surface area contributed by atoms with Crippen LogP contribution in [-0.2, 0) is 11.8 Å². The van der Waals surface area contributed by atoms with Gasteiger partial charge in [-0.25, -0.2) is 15.0 Å². The van der Waals surface area contributed by atoms with Gasteiger partial charge in [-0.15, -0.1) is 0 Å². The molecule has 0 saturated heterocycles. The first kappa shape index (κ1) is 43.1. The summed E-state index contributed by atoms with van der Waals surface area (Å²) >= 11 is 0. The van der Waals surface area contributed by atoms with Crippen LogP contribution in [0.5, 0.6) is 0 Å². The Bertz CT molecular complexity index is 3830. The minimum atomic E-state index is -0.564. The number of hydrogen-bond donors (Lipinski definition) is 0. The molecule has 0 atom stereocenters. The number of benzene rings is 10. The first-order valence-corrected chi connectivity index (χ1v) is 25.0. The summed E-state index contributed by atoms with van der Waals surface area (Å²) in [6.45, 7) is 4.55. The number of aromatic nitrogens is 4. The molecule has 342 valence electrons. The van der Waals surface area contributed by atoms with Crippen molar-refractivity contribution in [1.82, 2.24) is 19.5 Å². The van der Waals surface area contributed by atoms with E-state index in [9.17, 15) is 0 Å². The van der Waals surface area contributed by atoms with Crippen LogP contribution >= 0.6 is 0 Å². The number of rotatable bonds is 10. The van der Waals surface area contributed by atoms with Gasteiger partial charge in [0, 0.05) is 33.2 Å². The van der Waals surface area contributed by atoms with Gasteiger partial charge in [0.25, 0.3) is 0 Å². The van der Waals surface area contributed by atoms with Crippen molar-refractivity contribution in [2.45, 2.75) is 25.7 Å². The Hall–Kier alpha value is -8.99. The van der Waals surface area contributed by atoms with Gasteiger partial charge in [0.1, 0.15) is 0 Å². The molecular weight excluding hydrogens is 873 g/mol. The quantitative estimate of drug-likeness (QED) is 0.137. The summed E-state index contributed by atoms with van der Waals surface area (Å²) in [7, 11) is 0. The summed E-state index contributed by atoms with van der Waals surface area (Å²) in [6.07, 6.45) is 1.09. The molecule has 0 amide bonds. The number of fused-ring (bicyclic) bond motifs is 6. The average Bonchev–Trinajstić information content (AvgIpc) is 3.94. The van der Waals surface area contributed by atoms with Gasteiger partial charge >= 0.3 is 0 Å². The lowest BCUT2D eigenvalue weighted by molar-refractivity contribution is 0.647. The van der Waals surface area contributed by atoms with E-state index >= 15 is 0 Å². The molecule has 0 unspecified atom stereocenters. The lowest BCUT2D eigenvalue weighted by Crippen LogP contribution is -2.28. The molecule has 4 nitrogen and oxygen atoms in total. The smallest absolute Gasteiger partial charge is 0.164 e. The SMILES string of the molecule is CC(C)Cc1ccc(-c2ccc3c(c2)c2ccccc2n3-c2ccc(-c3ccc(C4(c5ccc(-c6nc(-c7ccccc7)nc(-c7ccccc7)n6)cc5)c5ccccc5-c5ccccc54)cc3)cc2)cc1. The largest absolute Gasteiger partial charge is 0.309 e. The van der Waals surface area contributed by atoms with Gasteiger partial charge in [0.2, 0.25) is 0 Å². The maximum absolute atomic E-state index is 5.06. The molecule has 10 aromatic carbocycles. The maximum atomic E-state index is 5.06. The van der Waals surface area contributed by atoms with Crippen LogP contribution in [0.15, 0.2) is 249 Å². The molecule has 1 aliphatic carbocycles. The first-order chi connectivity index (χ1) is 35.5. The Morgan fingerprint density at radius 1 is 0.361 bits per heavy atom. The van der Waals surface area contributed by atoms with Gasteiger partial charge in [0.05, 0.1) is 16.4 Å². The van der Waals surface area contributed by atoms with Crippen molar-refractivity contribution in [1.29, 1.82) is 0 Å². The van der Waals surface area contributed by atoms with Gasteiger partial charge in [-0.1, -0.05) is 232 Å². The Balaban J connectivity index is 0.865. The molecule has 2 aromatic heterocycles. The molecule has 0 aliphatic heterocycles. The fourth-order valence-electron chi connectivity index (χ4n) is 11.3. The topological polar surface area (TPSA) is 43.6 Å². The molecule has 0 saturated carbocycles. The molecule has 0 radical (unpaired) electrons. The highest BCUT2D eigenvalue weighted by Gasteiger charge is 2.46. The minimum Gasteiger partial charge on any atom is -0.309 e. The van der Waals surface area contributed by atoms with E-state index in [1.807, 2.05) is 60.7 Å². The van der Waals surface area contributed by atoms with Crippen LogP contribution in [0.25, 0.3) is 95.0 Å². The van der Waals surface area contributed by atoms with E-state index in [1.165, 1.54) is 83.0 Å². The Kier molecular flexibility index (Phi) is 10.6. The molecule has 0 spiro atoms. The summed E-state index contributed by atoms with van der Waals surface area (Å²) < 4.78 is 2.41. The summed E-state index contributed by atoms with van der Waals surface area (Å²) in [5.74, 6) is 2.56. The van der Waals surface area contributed by atoms with Crippen LogP contribution in [0.1, 0.15) is 41.7 Å². The van der Waals surface area contributed by atoms with Crippen molar-refractivity contribution in [3.63, 3.8) is 0 Å². The predicted octanol–water partition coefficient (Wildman–Crippen LogP) is 16.9. The lowest BCUT2D eigenvalue weighted by Gasteiger charge is -2.34. The van der Waals surface area contributed by atoms with Crippen LogP contribution in [0.4, 0.5) is 0 Å². The van der Waals surface area contributed by atoms with E-state index in [4.69, 9.17) is 15.0 Å². The van der Waals surface area contributed by atoms with E-state index in [0.717, 1.165) is 28.8 Å². The van der Waals surface area contributed by atoms with Crippen LogP contribution in [0, 0.1) is 5.92 Å². The van der Waals surface area contributed by atoms with Gasteiger partial charge in [-0.2, -0.15) is 0 Å². The van der Waals surface area contributed by atoms with Crippen molar-refractivity contribution in [2.75, 3.05) is 0 Å². The van der Waals surface area contributed by atoms with Crippen molar-refractivity contribution < 1.29 is 0 Å². The molecule has 72 heavy (non-hydrogen) atoms. The zero-order valence-corrected chi connectivity index (χ0v) is 40.2. The molecule has 0 N–H and O–H groups in total. The Labute approximate surface area is 420 Å². The summed E-state index contributed by atoms with van der Waals surface area (Å²) in [6, 6.07) is 90.1. The molecule has 1 aliphatic rings. The maximum Gasteiger partial charge on any atom is 0.164 e. The molecule has 13 rings (SSSR count). The number of nitrogens with zero attached hydrogens (tertiary/aromatic N) is 4. The standard InChI is InChI=1S/C68H50N4/c1-45(2)43-46-25-27-49(28-26-46)53-35-42-64-60(44-53)59-21-11-14-24-63(59)72(64)56-40-33-48(34-41-56)47-29-36-54(37-30-47)68(61-22-12-9-19-57(61)58-20-10-13-23-62(58)68)55-38-31-52(32-39-55)67-70-65(50-15-5-3-6-16-50)69-66(71-67)51-17-7-4-8-18-51/h3-42,44-45H,43H2,1-2H3. The fraction of sp³-hybridized carbons (Fsp3) is 0.0735. The third kappa shape index (κ3) is 7.34. The molecule has 0 bridgehead atoms. The highest BCUT2D eigenvalue weighted by molar-refractivity contribution is 6.10. The van der Waals surface area contributed by atoms with Crippen LogP contribution < -0.4 is 0 Å². The second-order valence-electron chi connectivity index (χ2n) is 19.5. The second-order valence-corrected chi connectivity index (χ2v) is 19.5. The lowest BCUT2D eigenvalue weighted by atomic mass is 9.67. The molecular formula is C68H50N4. The second kappa shape index (κ2) is 17.8. The summed E-state index contributed by atoms with van der Waals surface area (Å²) in [4.78, 5) is 15.1.